The SMILES string of the molecule is CC1(CNc2ccc(C#N)cc2C(F)(F)F)CCCCC1O. The third-order valence-electron chi connectivity index (χ3n) is 4.42. The van der Waals surface area contributed by atoms with Crippen LogP contribution in [0.3, 0.4) is 0 Å². The first-order valence-electron chi connectivity index (χ1n) is 7.29. The van der Waals surface area contributed by atoms with E-state index in [4.69, 9.17) is 5.26 Å². The highest BCUT2D eigenvalue weighted by molar-refractivity contribution is 5.56. The summed E-state index contributed by atoms with van der Waals surface area (Å²) in [4.78, 5) is 0. The average molecular weight is 312 g/mol. The summed E-state index contributed by atoms with van der Waals surface area (Å²) in [6, 6.07) is 5.20. The van der Waals surface area contributed by atoms with Crippen molar-refractivity contribution < 1.29 is 18.3 Å². The van der Waals surface area contributed by atoms with E-state index in [1.54, 1.807) is 6.07 Å². The number of hydrogen-bond donors (Lipinski definition) is 2. The third kappa shape index (κ3) is 3.53. The quantitative estimate of drug-likeness (QED) is 0.889. The second-order valence-electron chi connectivity index (χ2n) is 6.14. The maximum Gasteiger partial charge on any atom is 0.418 e. The third-order valence-corrected chi connectivity index (χ3v) is 4.42. The highest BCUT2D eigenvalue weighted by Crippen LogP contribution is 2.39. The summed E-state index contributed by atoms with van der Waals surface area (Å²) in [5.41, 5.74) is -1.36. The Kier molecular flexibility index (Phi) is 4.66. The minimum absolute atomic E-state index is 0.0261. The molecule has 2 rings (SSSR count). The molecule has 6 heteroatoms. The first-order chi connectivity index (χ1) is 10.3. The Morgan fingerprint density at radius 1 is 1.41 bits per heavy atom. The van der Waals surface area contributed by atoms with Gasteiger partial charge in [0.1, 0.15) is 0 Å². The predicted octanol–water partition coefficient (Wildman–Crippen LogP) is 3.93. The first-order valence-corrected chi connectivity index (χ1v) is 7.29. The van der Waals surface area contributed by atoms with Gasteiger partial charge in [-0.1, -0.05) is 19.8 Å². The van der Waals surface area contributed by atoms with Gasteiger partial charge in [-0.25, -0.2) is 0 Å². The van der Waals surface area contributed by atoms with Crippen molar-refractivity contribution >= 4 is 5.69 Å². The highest BCUT2D eigenvalue weighted by atomic mass is 19.4. The van der Waals surface area contributed by atoms with Crippen molar-refractivity contribution in [1.82, 2.24) is 0 Å². The summed E-state index contributed by atoms with van der Waals surface area (Å²) in [6.07, 6.45) is -1.67. The van der Waals surface area contributed by atoms with Gasteiger partial charge < -0.3 is 10.4 Å². The summed E-state index contributed by atoms with van der Waals surface area (Å²) in [5, 5.41) is 21.7. The van der Waals surface area contributed by atoms with E-state index in [-0.39, 0.29) is 17.8 Å². The lowest BCUT2D eigenvalue weighted by molar-refractivity contribution is -0.137. The predicted molar refractivity (Wildman–Crippen MR) is 77.2 cm³/mol. The maximum absolute atomic E-state index is 13.1. The van der Waals surface area contributed by atoms with Crippen molar-refractivity contribution in [2.75, 3.05) is 11.9 Å². The molecule has 1 aliphatic carbocycles. The summed E-state index contributed by atoms with van der Waals surface area (Å²) in [5.74, 6) is 0. The Balaban J connectivity index is 2.21. The molecule has 2 atom stereocenters. The molecule has 0 amide bonds. The number of anilines is 1. The number of halogens is 3. The Morgan fingerprint density at radius 2 is 2.14 bits per heavy atom. The second-order valence-corrected chi connectivity index (χ2v) is 6.14. The van der Waals surface area contributed by atoms with Crippen molar-refractivity contribution in [1.29, 1.82) is 5.26 Å². The molecule has 120 valence electrons. The van der Waals surface area contributed by atoms with E-state index in [0.29, 0.717) is 6.42 Å². The van der Waals surface area contributed by atoms with Gasteiger partial charge in [-0.15, -0.1) is 0 Å². The molecule has 0 radical (unpaired) electrons. The van der Waals surface area contributed by atoms with Gasteiger partial charge in [0.05, 0.1) is 23.3 Å². The van der Waals surface area contributed by atoms with Crippen LogP contribution in [0.5, 0.6) is 0 Å². The van der Waals surface area contributed by atoms with Gasteiger partial charge in [0, 0.05) is 17.6 Å². The van der Waals surface area contributed by atoms with Crippen LogP contribution < -0.4 is 5.32 Å². The molecule has 0 bridgehead atoms. The second kappa shape index (κ2) is 6.17. The topological polar surface area (TPSA) is 56.0 Å². The van der Waals surface area contributed by atoms with Gasteiger partial charge in [-0.05, 0) is 31.0 Å². The summed E-state index contributed by atoms with van der Waals surface area (Å²) in [7, 11) is 0. The van der Waals surface area contributed by atoms with Crippen LogP contribution >= 0.6 is 0 Å². The van der Waals surface area contributed by atoms with E-state index in [9.17, 15) is 18.3 Å². The number of rotatable bonds is 3. The zero-order chi connectivity index (χ0) is 16.4. The number of aliphatic hydroxyl groups is 1. The van der Waals surface area contributed by atoms with Crippen molar-refractivity contribution in [3.05, 3.63) is 29.3 Å². The molecule has 1 aliphatic rings. The van der Waals surface area contributed by atoms with Gasteiger partial charge in [0.15, 0.2) is 0 Å². The van der Waals surface area contributed by atoms with Gasteiger partial charge in [-0.3, -0.25) is 0 Å². The molecule has 1 aromatic rings. The van der Waals surface area contributed by atoms with Crippen molar-refractivity contribution in [3.63, 3.8) is 0 Å². The van der Waals surface area contributed by atoms with E-state index in [0.717, 1.165) is 25.3 Å². The molecule has 3 nitrogen and oxygen atoms in total. The van der Waals surface area contributed by atoms with Crippen molar-refractivity contribution in [2.45, 2.75) is 44.9 Å². The number of benzene rings is 1. The molecule has 22 heavy (non-hydrogen) atoms. The molecule has 1 saturated carbocycles. The molecule has 2 N–H and O–H groups in total. The number of nitrogens with zero attached hydrogens (tertiary/aromatic N) is 1. The van der Waals surface area contributed by atoms with Crippen LogP contribution in [0.1, 0.15) is 43.7 Å². The van der Waals surface area contributed by atoms with E-state index >= 15 is 0 Å². The standard InChI is InChI=1S/C16H19F3N2O/c1-15(7-3-2-4-14(15)22)10-21-13-6-5-11(9-20)8-12(13)16(17,18)19/h5-6,8,14,21-22H,2-4,7,10H2,1H3. The van der Waals surface area contributed by atoms with Crippen LogP contribution in [0.2, 0.25) is 0 Å². The molecule has 2 unspecified atom stereocenters. The van der Waals surface area contributed by atoms with Crippen LogP contribution in [0.4, 0.5) is 18.9 Å². The fraction of sp³-hybridized carbons (Fsp3) is 0.562. The van der Waals surface area contributed by atoms with Crippen LogP contribution in [-0.4, -0.2) is 17.8 Å². The average Bonchev–Trinajstić information content (AvgIpc) is 2.47. The van der Waals surface area contributed by atoms with E-state index < -0.39 is 23.3 Å². The first kappa shape index (κ1) is 16.6. The van der Waals surface area contributed by atoms with E-state index in [1.165, 1.54) is 12.1 Å². The zero-order valence-corrected chi connectivity index (χ0v) is 12.4. The van der Waals surface area contributed by atoms with Crippen molar-refractivity contribution in [3.8, 4) is 6.07 Å². The van der Waals surface area contributed by atoms with Crippen LogP contribution in [0, 0.1) is 16.7 Å². The molecule has 1 fully saturated rings. The Morgan fingerprint density at radius 3 is 2.73 bits per heavy atom. The van der Waals surface area contributed by atoms with Crippen LogP contribution in [-0.2, 0) is 6.18 Å². The van der Waals surface area contributed by atoms with Crippen LogP contribution in [0.25, 0.3) is 0 Å². The summed E-state index contributed by atoms with van der Waals surface area (Å²) in [6.45, 7) is 2.16. The lowest BCUT2D eigenvalue weighted by Crippen LogP contribution is -2.41. The normalized spacial score (nSPS) is 25.5. The molecular formula is C16H19F3N2O. The number of alkyl halides is 3. The van der Waals surface area contributed by atoms with E-state index in [1.807, 2.05) is 6.92 Å². The highest BCUT2D eigenvalue weighted by Gasteiger charge is 2.37. The lowest BCUT2D eigenvalue weighted by Gasteiger charge is -2.39. The summed E-state index contributed by atoms with van der Waals surface area (Å²) < 4.78 is 39.3. The number of nitriles is 1. The number of nitrogens with one attached hydrogen (secondary N) is 1. The Bertz CT molecular complexity index is 580. The fourth-order valence-corrected chi connectivity index (χ4v) is 2.89. The van der Waals surface area contributed by atoms with Crippen molar-refractivity contribution in [2.24, 2.45) is 5.41 Å². The minimum atomic E-state index is -4.53. The van der Waals surface area contributed by atoms with Gasteiger partial charge >= 0.3 is 6.18 Å². The molecule has 0 aliphatic heterocycles. The fourth-order valence-electron chi connectivity index (χ4n) is 2.89. The Hall–Kier alpha value is -1.74. The largest absolute Gasteiger partial charge is 0.418 e. The molecule has 0 aromatic heterocycles. The van der Waals surface area contributed by atoms with Gasteiger partial charge in [0.25, 0.3) is 0 Å². The smallest absolute Gasteiger partial charge is 0.392 e. The van der Waals surface area contributed by atoms with E-state index in [2.05, 4.69) is 5.32 Å². The molecule has 1 aromatic carbocycles. The van der Waals surface area contributed by atoms with Crippen LogP contribution in [0.15, 0.2) is 18.2 Å². The minimum Gasteiger partial charge on any atom is -0.392 e. The zero-order valence-electron chi connectivity index (χ0n) is 12.4. The molecule has 0 saturated heterocycles. The lowest BCUT2D eigenvalue weighted by atomic mass is 9.73. The summed E-state index contributed by atoms with van der Waals surface area (Å²) >= 11 is 0. The molecular weight excluding hydrogens is 293 g/mol. The van der Waals surface area contributed by atoms with Gasteiger partial charge in [0.2, 0.25) is 0 Å². The molecule has 0 heterocycles. The Labute approximate surface area is 127 Å². The number of aliphatic hydroxyl groups excluding tert-OH is 1. The molecule has 0 spiro atoms. The number of hydrogen-bond acceptors (Lipinski definition) is 3. The monoisotopic (exact) mass is 312 g/mol. The maximum atomic E-state index is 13.1. The van der Waals surface area contributed by atoms with Gasteiger partial charge in [-0.2, -0.15) is 18.4 Å².